The quantitative estimate of drug-likeness (QED) is 0.863. The van der Waals surface area contributed by atoms with Crippen molar-refractivity contribution < 1.29 is 14.6 Å². The monoisotopic (exact) mass is 345 g/mol. The van der Waals surface area contributed by atoms with E-state index >= 15 is 0 Å². The smallest absolute Gasteiger partial charge is 0.263 e. The van der Waals surface area contributed by atoms with Gasteiger partial charge in [-0.2, -0.15) is 0 Å². The Morgan fingerprint density at radius 2 is 2.12 bits per heavy atom. The third kappa shape index (κ3) is 3.04. The van der Waals surface area contributed by atoms with E-state index in [0.717, 1.165) is 28.0 Å². The third-order valence-corrected chi connectivity index (χ3v) is 5.02. The van der Waals surface area contributed by atoms with Gasteiger partial charge >= 0.3 is 0 Å². The minimum Gasteiger partial charge on any atom is -0.507 e. The zero-order valence-corrected chi connectivity index (χ0v) is 15.0. The third-order valence-electron chi connectivity index (χ3n) is 5.02. The molecule has 2 aromatic rings. The number of tetrazole rings is 1. The minimum atomic E-state index is -0.936. The molecule has 0 spiro atoms. The van der Waals surface area contributed by atoms with Crippen molar-refractivity contribution in [2.45, 2.75) is 52.7 Å². The highest BCUT2D eigenvalue weighted by atomic mass is 16.5. The Labute approximate surface area is 146 Å². The maximum Gasteiger partial charge on any atom is 0.263 e. The Morgan fingerprint density at radius 1 is 1.36 bits per heavy atom. The number of carbonyl (C=O) groups is 1. The lowest BCUT2D eigenvalue weighted by atomic mass is 9.86. The number of amides is 1. The number of ether oxygens (including phenoxy) is 1. The van der Waals surface area contributed by atoms with Crippen molar-refractivity contribution in [1.82, 2.24) is 25.5 Å². The molecule has 1 aliphatic heterocycles. The maximum atomic E-state index is 12.7. The molecule has 1 aliphatic rings. The highest BCUT2D eigenvalue weighted by Crippen LogP contribution is 2.43. The first-order valence-electron chi connectivity index (χ1n) is 8.33. The van der Waals surface area contributed by atoms with E-state index in [2.05, 4.69) is 20.8 Å². The van der Waals surface area contributed by atoms with Crippen LogP contribution in [0.3, 0.4) is 0 Å². The van der Waals surface area contributed by atoms with E-state index in [0.29, 0.717) is 31.7 Å². The summed E-state index contributed by atoms with van der Waals surface area (Å²) in [6.07, 6.45) is 2.74. The molecule has 25 heavy (non-hydrogen) atoms. The van der Waals surface area contributed by atoms with E-state index < -0.39 is 5.60 Å². The van der Waals surface area contributed by atoms with Crippen LogP contribution in [0.5, 0.6) is 11.5 Å². The Balaban J connectivity index is 1.75. The maximum absolute atomic E-state index is 12.7. The first-order chi connectivity index (χ1) is 11.8. The molecular formula is C17H23N5O3. The average molecular weight is 345 g/mol. The molecular weight excluding hydrogens is 322 g/mol. The van der Waals surface area contributed by atoms with Gasteiger partial charge in [-0.1, -0.05) is 0 Å². The van der Waals surface area contributed by atoms with Crippen molar-refractivity contribution >= 4 is 5.91 Å². The molecule has 1 aromatic heterocycles. The zero-order valence-electron chi connectivity index (χ0n) is 15.0. The number of phenols is 1. The van der Waals surface area contributed by atoms with Gasteiger partial charge in [0, 0.05) is 18.5 Å². The molecule has 0 bridgehead atoms. The van der Waals surface area contributed by atoms with Gasteiger partial charge in [0.1, 0.15) is 17.8 Å². The molecule has 2 heterocycles. The summed E-state index contributed by atoms with van der Waals surface area (Å²) in [5.74, 6) is 0.875. The molecule has 8 heteroatoms. The second-order valence-electron chi connectivity index (χ2n) is 6.69. The molecule has 3 rings (SSSR count). The fourth-order valence-electron chi connectivity index (χ4n) is 3.16. The van der Waals surface area contributed by atoms with Gasteiger partial charge in [-0.15, -0.1) is 5.10 Å². The van der Waals surface area contributed by atoms with Gasteiger partial charge in [-0.25, -0.2) is 4.68 Å². The number of fused-ring (bicyclic) bond motifs is 1. The van der Waals surface area contributed by atoms with E-state index in [4.69, 9.17) is 4.74 Å². The second-order valence-corrected chi connectivity index (χ2v) is 6.69. The number of nitrogens with zero attached hydrogens (tertiary/aromatic N) is 4. The Kier molecular flexibility index (Phi) is 4.36. The van der Waals surface area contributed by atoms with E-state index in [-0.39, 0.29) is 5.91 Å². The van der Waals surface area contributed by atoms with Crippen molar-refractivity contribution in [1.29, 1.82) is 0 Å². The number of nitrogens with one attached hydrogen (secondary N) is 1. The summed E-state index contributed by atoms with van der Waals surface area (Å²) in [5, 5.41) is 24.0. The van der Waals surface area contributed by atoms with Crippen LogP contribution in [0.25, 0.3) is 0 Å². The Bertz CT molecular complexity index is 803. The van der Waals surface area contributed by atoms with Gasteiger partial charge in [0.25, 0.3) is 5.91 Å². The molecule has 0 radical (unpaired) electrons. The number of aromatic hydroxyl groups is 1. The van der Waals surface area contributed by atoms with Crippen molar-refractivity contribution in [3.63, 3.8) is 0 Å². The van der Waals surface area contributed by atoms with Crippen LogP contribution in [0.4, 0.5) is 0 Å². The highest BCUT2D eigenvalue weighted by Gasteiger charge is 2.40. The van der Waals surface area contributed by atoms with Gasteiger partial charge in [0.05, 0.1) is 6.54 Å². The lowest BCUT2D eigenvalue weighted by Gasteiger charge is -2.36. The molecule has 8 nitrogen and oxygen atoms in total. The fourth-order valence-corrected chi connectivity index (χ4v) is 3.16. The molecule has 0 unspecified atom stereocenters. The molecule has 1 atom stereocenters. The average Bonchev–Trinajstić information content (AvgIpc) is 3.11. The lowest BCUT2D eigenvalue weighted by Crippen LogP contribution is -2.51. The van der Waals surface area contributed by atoms with Gasteiger partial charge in [-0.3, -0.25) is 4.79 Å². The standard InChI is InChI=1S/C17H23N5O3/c1-10-11(2)15-13(12(3)14(10)23)5-6-17(4,25-15)16(24)18-7-8-22-9-19-20-21-22/h9,23H,5-8H2,1-4H3,(H,18,24)/t17-/m1/s1. The topological polar surface area (TPSA) is 102 Å². The Morgan fingerprint density at radius 3 is 2.80 bits per heavy atom. The van der Waals surface area contributed by atoms with Crippen LogP contribution in [0.1, 0.15) is 35.6 Å². The fraction of sp³-hybridized carbons (Fsp3) is 0.529. The van der Waals surface area contributed by atoms with Gasteiger partial charge in [0.2, 0.25) is 0 Å². The summed E-state index contributed by atoms with van der Waals surface area (Å²) in [6.45, 7) is 8.38. The van der Waals surface area contributed by atoms with Crippen molar-refractivity contribution in [3.8, 4) is 11.5 Å². The van der Waals surface area contributed by atoms with Gasteiger partial charge in [-0.05, 0) is 61.2 Å². The second kappa shape index (κ2) is 6.34. The highest BCUT2D eigenvalue weighted by molar-refractivity contribution is 5.85. The van der Waals surface area contributed by atoms with Crippen LogP contribution in [-0.4, -0.2) is 43.4 Å². The summed E-state index contributed by atoms with van der Waals surface area (Å²) in [6, 6.07) is 0. The van der Waals surface area contributed by atoms with E-state index in [1.54, 1.807) is 11.6 Å². The number of hydrogen-bond acceptors (Lipinski definition) is 6. The van der Waals surface area contributed by atoms with Crippen LogP contribution in [-0.2, 0) is 17.8 Å². The molecule has 0 saturated heterocycles. The lowest BCUT2D eigenvalue weighted by molar-refractivity contribution is -0.136. The molecule has 134 valence electrons. The van der Waals surface area contributed by atoms with Crippen LogP contribution < -0.4 is 10.1 Å². The summed E-state index contributed by atoms with van der Waals surface area (Å²) < 4.78 is 7.70. The molecule has 2 N–H and O–H groups in total. The van der Waals surface area contributed by atoms with Crippen molar-refractivity contribution in [2.75, 3.05) is 6.54 Å². The van der Waals surface area contributed by atoms with Crippen molar-refractivity contribution in [2.24, 2.45) is 0 Å². The molecule has 1 amide bonds. The zero-order chi connectivity index (χ0) is 18.2. The number of benzene rings is 1. The first kappa shape index (κ1) is 17.2. The first-order valence-corrected chi connectivity index (χ1v) is 8.33. The molecule has 0 saturated carbocycles. The number of hydrogen-bond donors (Lipinski definition) is 2. The van der Waals surface area contributed by atoms with Crippen LogP contribution >= 0.6 is 0 Å². The van der Waals surface area contributed by atoms with Gasteiger partial charge in [0.15, 0.2) is 5.60 Å². The summed E-state index contributed by atoms with van der Waals surface area (Å²) >= 11 is 0. The SMILES string of the molecule is Cc1c(C)c2c(c(C)c1O)CC[C@](C)(C(=O)NCCn1cnnn1)O2. The van der Waals surface area contributed by atoms with Crippen LogP contribution in [0.15, 0.2) is 6.33 Å². The van der Waals surface area contributed by atoms with Crippen molar-refractivity contribution in [3.05, 3.63) is 28.6 Å². The van der Waals surface area contributed by atoms with Crippen LogP contribution in [0.2, 0.25) is 0 Å². The number of phenolic OH excluding ortho intramolecular Hbond substituents is 1. The predicted molar refractivity (Wildman–Crippen MR) is 90.5 cm³/mol. The van der Waals surface area contributed by atoms with Gasteiger partial charge < -0.3 is 15.2 Å². The van der Waals surface area contributed by atoms with Crippen LogP contribution in [0, 0.1) is 20.8 Å². The molecule has 1 aromatic carbocycles. The number of rotatable bonds is 4. The Hall–Kier alpha value is -2.64. The predicted octanol–water partition coefficient (Wildman–Crippen LogP) is 1.20. The van der Waals surface area contributed by atoms with E-state index in [1.165, 1.54) is 6.33 Å². The molecule has 0 aliphatic carbocycles. The molecule has 0 fully saturated rings. The van der Waals surface area contributed by atoms with E-state index in [9.17, 15) is 9.90 Å². The summed E-state index contributed by atoms with van der Waals surface area (Å²) in [7, 11) is 0. The summed E-state index contributed by atoms with van der Waals surface area (Å²) in [4.78, 5) is 12.7. The summed E-state index contributed by atoms with van der Waals surface area (Å²) in [5.41, 5.74) is 2.55. The number of aromatic nitrogens is 4. The normalized spacial score (nSPS) is 19.2. The minimum absolute atomic E-state index is 0.158. The number of carbonyl (C=O) groups excluding carboxylic acids is 1. The van der Waals surface area contributed by atoms with E-state index in [1.807, 2.05) is 20.8 Å². The largest absolute Gasteiger partial charge is 0.507 e.